The highest BCUT2D eigenvalue weighted by Gasteiger charge is 2.06. The summed E-state index contributed by atoms with van der Waals surface area (Å²) in [5.41, 5.74) is 5.76. The van der Waals surface area contributed by atoms with Crippen LogP contribution in [0.25, 0.3) is 0 Å². The van der Waals surface area contributed by atoms with Gasteiger partial charge >= 0.3 is 0 Å². The van der Waals surface area contributed by atoms with Crippen molar-refractivity contribution >= 4 is 5.78 Å². The van der Waals surface area contributed by atoms with Gasteiger partial charge < -0.3 is 4.74 Å². The van der Waals surface area contributed by atoms with Crippen LogP contribution in [-0.4, -0.2) is 5.78 Å². The van der Waals surface area contributed by atoms with Crippen LogP contribution in [0.2, 0.25) is 0 Å². The molecule has 0 aliphatic rings. The van der Waals surface area contributed by atoms with Crippen molar-refractivity contribution in [3.05, 3.63) is 64.2 Å². The van der Waals surface area contributed by atoms with Gasteiger partial charge in [-0.05, 0) is 61.7 Å². The van der Waals surface area contributed by atoms with E-state index in [0.717, 1.165) is 11.3 Å². The lowest BCUT2D eigenvalue weighted by Gasteiger charge is -2.13. The second-order valence-electron chi connectivity index (χ2n) is 5.47. The van der Waals surface area contributed by atoms with Crippen LogP contribution in [-0.2, 0) is 6.61 Å². The molecule has 0 bridgehead atoms. The third-order valence-electron chi connectivity index (χ3n) is 3.72. The molecule has 0 radical (unpaired) electrons. The highest BCUT2D eigenvalue weighted by molar-refractivity contribution is 5.95. The lowest BCUT2D eigenvalue weighted by molar-refractivity contribution is 0.0988. The highest BCUT2D eigenvalue weighted by atomic mass is 16.5. The minimum Gasteiger partial charge on any atom is -0.489 e. The summed E-state index contributed by atoms with van der Waals surface area (Å²) in [6, 6.07) is 11.7. The van der Waals surface area contributed by atoms with E-state index in [2.05, 4.69) is 32.9 Å². The van der Waals surface area contributed by atoms with Crippen molar-refractivity contribution in [2.45, 2.75) is 40.7 Å². The summed E-state index contributed by atoms with van der Waals surface area (Å²) in [5, 5.41) is 0. The van der Waals surface area contributed by atoms with Gasteiger partial charge in [0.1, 0.15) is 12.4 Å². The Balaban J connectivity index is 2.08. The van der Waals surface area contributed by atoms with Crippen molar-refractivity contribution in [1.29, 1.82) is 0 Å². The van der Waals surface area contributed by atoms with E-state index in [1.54, 1.807) is 0 Å². The van der Waals surface area contributed by atoms with E-state index in [0.29, 0.717) is 13.0 Å². The first-order valence-corrected chi connectivity index (χ1v) is 7.34. The molecule has 0 heterocycles. The van der Waals surface area contributed by atoms with E-state index in [9.17, 15) is 4.79 Å². The summed E-state index contributed by atoms with van der Waals surface area (Å²) in [4.78, 5) is 11.6. The molecule has 0 aliphatic carbocycles. The molecule has 2 aromatic carbocycles. The Hall–Kier alpha value is -2.09. The molecule has 0 spiro atoms. The summed E-state index contributed by atoms with van der Waals surface area (Å²) in [7, 11) is 0. The quantitative estimate of drug-likeness (QED) is 0.737. The summed E-state index contributed by atoms with van der Waals surface area (Å²) >= 11 is 0. The molecule has 0 atom stereocenters. The lowest BCUT2D eigenvalue weighted by atomic mass is 10.0. The summed E-state index contributed by atoms with van der Waals surface area (Å²) in [5.74, 6) is 0.953. The van der Waals surface area contributed by atoms with Crippen LogP contribution in [0, 0.1) is 20.8 Å². The van der Waals surface area contributed by atoms with Gasteiger partial charge in [0.15, 0.2) is 5.78 Å². The second-order valence-corrected chi connectivity index (χ2v) is 5.47. The molecule has 0 aliphatic heterocycles. The molecular formula is C19H22O2. The Morgan fingerprint density at radius 3 is 2.10 bits per heavy atom. The largest absolute Gasteiger partial charge is 0.489 e. The van der Waals surface area contributed by atoms with Gasteiger partial charge in [-0.3, -0.25) is 4.79 Å². The molecule has 2 heteroatoms. The molecule has 0 amide bonds. The van der Waals surface area contributed by atoms with Crippen LogP contribution in [0.5, 0.6) is 5.75 Å². The number of hydrogen-bond acceptors (Lipinski definition) is 2. The zero-order valence-corrected chi connectivity index (χ0v) is 13.2. The molecule has 0 saturated carbocycles. The fraction of sp³-hybridized carbons (Fsp3) is 0.316. The first kappa shape index (κ1) is 15.3. The highest BCUT2D eigenvalue weighted by Crippen LogP contribution is 2.20. The summed E-state index contributed by atoms with van der Waals surface area (Å²) in [6.45, 7) is 8.76. The number of carbonyl (C=O) groups excluding carboxylic acids is 1. The SMILES string of the molecule is CCC(=O)c1ccc(OCc2c(C)cc(C)cc2C)cc1. The van der Waals surface area contributed by atoms with Crippen molar-refractivity contribution in [3.63, 3.8) is 0 Å². The van der Waals surface area contributed by atoms with Crippen LogP contribution in [0.3, 0.4) is 0 Å². The van der Waals surface area contributed by atoms with E-state index in [-0.39, 0.29) is 5.78 Å². The Morgan fingerprint density at radius 2 is 1.57 bits per heavy atom. The maximum absolute atomic E-state index is 11.6. The van der Waals surface area contributed by atoms with Gasteiger partial charge in [0.05, 0.1) is 0 Å². The predicted octanol–water partition coefficient (Wildman–Crippen LogP) is 4.78. The van der Waals surface area contributed by atoms with Crippen molar-refractivity contribution < 1.29 is 9.53 Å². The number of benzene rings is 2. The van der Waals surface area contributed by atoms with E-state index in [1.165, 1.54) is 22.3 Å². The van der Waals surface area contributed by atoms with Gasteiger partial charge in [-0.25, -0.2) is 0 Å². The molecule has 0 aromatic heterocycles. The molecule has 2 nitrogen and oxygen atoms in total. The molecule has 0 N–H and O–H groups in total. The minimum absolute atomic E-state index is 0.159. The number of carbonyl (C=O) groups is 1. The third kappa shape index (κ3) is 3.72. The summed E-state index contributed by atoms with van der Waals surface area (Å²) < 4.78 is 5.85. The van der Waals surface area contributed by atoms with Crippen LogP contribution in [0.1, 0.15) is 46.0 Å². The van der Waals surface area contributed by atoms with Crippen LogP contribution in [0.4, 0.5) is 0 Å². The number of ether oxygens (including phenoxy) is 1. The second kappa shape index (κ2) is 6.57. The fourth-order valence-electron chi connectivity index (χ4n) is 2.53. The standard InChI is InChI=1S/C19H22O2/c1-5-19(20)16-6-8-17(9-7-16)21-12-18-14(3)10-13(2)11-15(18)4/h6-11H,5,12H2,1-4H3. The van der Waals surface area contributed by atoms with E-state index in [4.69, 9.17) is 4.74 Å². The topological polar surface area (TPSA) is 26.3 Å². The zero-order valence-electron chi connectivity index (χ0n) is 13.2. The minimum atomic E-state index is 0.159. The normalized spacial score (nSPS) is 10.5. The van der Waals surface area contributed by atoms with Gasteiger partial charge in [0, 0.05) is 12.0 Å². The third-order valence-corrected chi connectivity index (χ3v) is 3.72. The van der Waals surface area contributed by atoms with Gasteiger partial charge in [-0.1, -0.05) is 24.6 Å². The van der Waals surface area contributed by atoms with Gasteiger partial charge in [0.2, 0.25) is 0 Å². The Labute approximate surface area is 126 Å². The average Bonchev–Trinajstić information content (AvgIpc) is 2.46. The molecule has 0 unspecified atom stereocenters. The van der Waals surface area contributed by atoms with Gasteiger partial charge in [-0.15, -0.1) is 0 Å². The molecule has 0 fully saturated rings. The fourth-order valence-corrected chi connectivity index (χ4v) is 2.53. The van der Waals surface area contributed by atoms with Crippen LogP contribution >= 0.6 is 0 Å². The smallest absolute Gasteiger partial charge is 0.162 e. The van der Waals surface area contributed by atoms with Crippen molar-refractivity contribution in [2.24, 2.45) is 0 Å². The van der Waals surface area contributed by atoms with Crippen molar-refractivity contribution in [3.8, 4) is 5.75 Å². The number of ketones is 1. The average molecular weight is 282 g/mol. The van der Waals surface area contributed by atoms with Crippen LogP contribution < -0.4 is 4.74 Å². The monoisotopic (exact) mass is 282 g/mol. The molecule has 2 aromatic rings. The number of aryl methyl sites for hydroxylation is 3. The van der Waals surface area contributed by atoms with Crippen LogP contribution in [0.15, 0.2) is 36.4 Å². The van der Waals surface area contributed by atoms with Gasteiger partial charge in [-0.2, -0.15) is 0 Å². The zero-order chi connectivity index (χ0) is 15.4. The van der Waals surface area contributed by atoms with E-state index in [1.807, 2.05) is 31.2 Å². The predicted molar refractivity (Wildman–Crippen MR) is 86.0 cm³/mol. The Bertz CT molecular complexity index is 616. The lowest BCUT2D eigenvalue weighted by Crippen LogP contribution is -2.02. The molecule has 2 rings (SSSR count). The maximum Gasteiger partial charge on any atom is 0.162 e. The van der Waals surface area contributed by atoms with E-state index < -0.39 is 0 Å². The van der Waals surface area contributed by atoms with E-state index >= 15 is 0 Å². The summed E-state index contributed by atoms with van der Waals surface area (Å²) in [6.07, 6.45) is 0.530. The van der Waals surface area contributed by atoms with Crippen molar-refractivity contribution in [1.82, 2.24) is 0 Å². The van der Waals surface area contributed by atoms with Gasteiger partial charge in [0.25, 0.3) is 0 Å². The molecule has 21 heavy (non-hydrogen) atoms. The number of Topliss-reactive ketones (excluding diaryl/α,β-unsaturated/α-hetero) is 1. The molecular weight excluding hydrogens is 260 g/mol. The maximum atomic E-state index is 11.6. The molecule has 0 saturated heterocycles. The first-order valence-electron chi connectivity index (χ1n) is 7.34. The van der Waals surface area contributed by atoms with Crippen molar-refractivity contribution in [2.75, 3.05) is 0 Å². The Morgan fingerprint density at radius 1 is 1.00 bits per heavy atom. The first-order chi connectivity index (χ1) is 10.0. The molecule has 110 valence electrons. The number of hydrogen-bond donors (Lipinski definition) is 0. The number of rotatable bonds is 5. The Kier molecular flexibility index (Phi) is 4.79.